The average Bonchev–Trinajstić information content (AvgIpc) is 2.59. The third-order valence-electron chi connectivity index (χ3n) is 3.86. The van der Waals surface area contributed by atoms with Crippen LogP contribution in [0.3, 0.4) is 0 Å². The standard InChI is InChI=1S/C19H26O6S/c1-3-4-5-6-7-13-19(22,14-12-18(20)21)15-25-26(23,24)17-10-8-16(2)9-11-17/h8-11,22H,3-7,13,15H2,1-2H3,(H,20,21). The Morgan fingerprint density at radius 1 is 1.15 bits per heavy atom. The topological polar surface area (TPSA) is 101 Å². The molecule has 1 atom stereocenters. The molecule has 7 heteroatoms. The van der Waals surface area contributed by atoms with Gasteiger partial charge in [0.2, 0.25) is 0 Å². The van der Waals surface area contributed by atoms with Gasteiger partial charge in [0.15, 0.2) is 5.60 Å². The molecule has 0 aliphatic carbocycles. The van der Waals surface area contributed by atoms with E-state index in [0.29, 0.717) is 6.42 Å². The quantitative estimate of drug-likeness (QED) is 0.367. The molecule has 0 aliphatic rings. The summed E-state index contributed by atoms with van der Waals surface area (Å²) in [5, 5.41) is 19.3. The Morgan fingerprint density at radius 2 is 1.77 bits per heavy atom. The van der Waals surface area contributed by atoms with Gasteiger partial charge in [-0.1, -0.05) is 56.2 Å². The molecule has 1 unspecified atom stereocenters. The largest absolute Gasteiger partial charge is 0.472 e. The van der Waals surface area contributed by atoms with Crippen molar-refractivity contribution in [1.29, 1.82) is 0 Å². The summed E-state index contributed by atoms with van der Waals surface area (Å²) in [5.41, 5.74) is -0.928. The minimum absolute atomic E-state index is 0.0282. The zero-order valence-electron chi connectivity index (χ0n) is 15.2. The smallest absolute Gasteiger partial charge is 0.382 e. The number of carboxylic acids is 1. The number of aliphatic hydroxyl groups is 1. The number of aliphatic carboxylic acids is 1. The first-order chi connectivity index (χ1) is 12.2. The van der Waals surface area contributed by atoms with E-state index >= 15 is 0 Å². The average molecular weight is 382 g/mol. The van der Waals surface area contributed by atoms with E-state index < -0.39 is 28.3 Å². The van der Waals surface area contributed by atoms with E-state index in [1.165, 1.54) is 12.1 Å². The summed E-state index contributed by atoms with van der Waals surface area (Å²) in [7, 11) is -4.06. The Hall–Kier alpha value is -1.88. The third-order valence-corrected chi connectivity index (χ3v) is 5.14. The van der Waals surface area contributed by atoms with E-state index in [2.05, 4.69) is 12.8 Å². The minimum atomic E-state index is -4.06. The van der Waals surface area contributed by atoms with Gasteiger partial charge < -0.3 is 10.2 Å². The first kappa shape index (κ1) is 22.2. The predicted octanol–water partition coefficient (Wildman–Crippen LogP) is 2.88. The van der Waals surface area contributed by atoms with Crippen molar-refractivity contribution in [2.24, 2.45) is 0 Å². The van der Waals surface area contributed by atoms with Crippen LogP contribution in [-0.2, 0) is 19.1 Å². The highest BCUT2D eigenvalue weighted by Gasteiger charge is 2.28. The summed E-state index contributed by atoms with van der Waals surface area (Å²) < 4.78 is 29.4. The number of aryl methyl sites for hydroxylation is 1. The van der Waals surface area contributed by atoms with Crippen molar-refractivity contribution in [1.82, 2.24) is 0 Å². The molecule has 2 N–H and O–H groups in total. The number of hydrogen-bond acceptors (Lipinski definition) is 5. The van der Waals surface area contributed by atoms with Crippen LogP contribution >= 0.6 is 0 Å². The summed E-state index contributed by atoms with van der Waals surface area (Å²) in [6.45, 7) is 3.30. The molecular weight excluding hydrogens is 356 g/mol. The highest BCUT2D eigenvalue weighted by molar-refractivity contribution is 7.86. The van der Waals surface area contributed by atoms with Gasteiger partial charge in [-0.25, -0.2) is 4.79 Å². The fraction of sp³-hybridized carbons (Fsp3) is 0.526. The van der Waals surface area contributed by atoms with Gasteiger partial charge >= 0.3 is 5.97 Å². The lowest BCUT2D eigenvalue weighted by atomic mass is 9.97. The number of hydrogen-bond donors (Lipinski definition) is 2. The predicted molar refractivity (Wildman–Crippen MR) is 98.1 cm³/mol. The molecule has 1 aromatic carbocycles. The lowest BCUT2D eigenvalue weighted by molar-refractivity contribution is -0.130. The number of rotatable bonds is 10. The molecule has 0 radical (unpaired) electrons. The van der Waals surface area contributed by atoms with E-state index in [4.69, 9.17) is 9.29 Å². The monoisotopic (exact) mass is 382 g/mol. The van der Waals surface area contributed by atoms with Gasteiger partial charge in [0.1, 0.15) is 6.61 Å². The van der Waals surface area contributed by atoms with Gasteiger partial charge in [-0.2, -0.15) is 8.42 Å². The third kappa shape index (κ3) is 8.00. The minimum Gasteiger partial charge on any atom is -0.472 e. The summed E-state index contributed by atoms with van der Waals surface area (Å²) in [6.07, 6.45) is 4.70. The summed E-state index contributed by atoms with van der Waals surface area (Å²) in [4.78, 5) is 10.6. The summed E-state index contributed by atoms with van der Waals surface area (Å²) >= 11 is 0. The molecular formula is C19H26O6S. The van der Waals surface area contributed by atoms with Crippen LogP contribution < -0.4 is 0 Å². The number of benzene rings is 1. The molecule has 0 heterocycles. The van der Waals surface area contributed by atoms with Crippen molar-refractivity contribution in [2.45, 2.75) is 62.9 Å². The second-order valence-electron chi connectivity index (χ2n) is 6.28. The molecule has 6 nitrogen and oxygen atoms in total. The van der Waals surface area contributed by atoms with Gasteiger partial charge in [0.25, 0.3) is 10.1 Å². The van der Waals surface area contributed by atoms with Crippen LogP contribution in [0.15, 0.2) is 29.2 Å². The van der Waals surface area contributed by atoms with Crippen molar-refractivity contribution < 1.29 is 27.6 Å². The lowest BCUT2D eigenvalue weighted by Crippen LogP contribution is -2.34. The molecule has 1 rings (SSSR count). The van der Waals surface area contributed by atoms with Crippen LogP contribution in [0.5, 0.6) is 0 Å². The van der Waals surface area contributed by atoms with Crippen LogP contribution in [0.2, 0.25) is 0 Å². The van der Waals surface area contributed by atoms with Crippen molar-refractivity contribution in [3.8, 4) is 11.8 Å². The molecule has 144 valence electrons. The first-order valence-electron chi connectivity index (χ1n) is 8.63. The molecule has 0 spiro atoms. The molecule has 26 heavy (non-hydrogen) atoms. The van der Waals surface area contributed by atoms with Gasteiger partial charge in [-0.3, -0.25) is 4.18 Å². The van der Waals surface area contributed by atoms with Gasteiger partial charge in [0, 0.05) is 5.92 Å². The van der Waals surface area contributed by atoms with Crippen LogP contribution in [-0.4, -0.2) is 36.8 Å². The second kappa shape index (κ2) is 10.3. The van der Waals surface area contributed by atoms with Gasteiger partial charge in [-0.15, -0.1) is 0 Å². The van der Waals surface area contributed by atoms with Crippen LogP contribution in [0.25, 0.3) is 0 Å². The maximum absolute atomic E-state index is 12.2. The first-order valence-corrected chi connectivity index (χ1v) is 10.0. The van der Waals surface area contributed by atoms with Gasteiger partial charge in [0.05, 0.1) is 4.90 Å². The zero-order valence-corrected chi connectivity index (χ0v) is 16.0. The highest BCUT2D eigenvalue weighted by atomic mass is 32.2. The Balaban J connectivity index is 2.80. The fourth-order valence-electron chi connectivity index (χ4n) is 2.31. The molecule has 0 fully saturated rings. The van der Waals surface area contributed by atoms with E-state index in [1.807, 2.05) is 12.8 Å². The molecule has 0 saturated carbocycles. The molecule has 0 amide bonds. The van der Waals surface area contributed by atoms with Crippen molar-refractivity contribution >= 4 is 16.1 Å². The van der Waals surface area contributed by atoms with Crippen molar-refractivity contribution in [3.63, 3.8) is 0 Å². The Labute approximate surface area is 155 Å². The number of carbonyl (C=O) groups is 1. The fourth-order valence-corrected chi connectivity index (χ4v) is 3.27. The zero-order chi connectivity index (χ0) is 19.6. The molecule has 1 aromatic rings. The lowest BCUT2D eigenvalue weighted by Gasteiger charge is -2.22. The summed E-state index contributed by atoms with van der Waals surface area (Å²) in [5.74, 6) is 2.71. The Kier molecular flexibility index (Phi) is 8.79. The molecule has 0 bridgehead atoms. The van der Waals surface area contributed by atoms with E-state index in [1.54, 1.807) is 12.1 Å². The van der Waals surface area contributed by atoms with E-state index in [-0.39, 0.29) is 11.3 Å². The van der Waals surface area contributed by atoms with Crippen LogP contribution in [0.1, 0.15) is 51.0 Å². The Bertz CT molecular complexity index is 742. The molecule has 0 aliphatic heterocycles. The normalized spacial score (nSPS) is 13.5. The molecule has 0 saturated heterocycles. The Morgan fingerprint density at radius 3 is 2.35 bits per heavy atom. The maximum Gasteiger partial charge on any atom is 0.382 e. The van der Waals surface area contributed by atoms with E-state index in [9.17, 15) is 18.3 Å². The molecule has 0 aromatic heterocycles. The second-order valence-corrected chi connectivity index (χ2v) is 7.90. The summed E-state index contributed by atoms with van der Waals surface area (Å²) in [6, 6.07) is 6.11. The van der Waals surface area contributed by atoms with Gasteiger partial charge in [-0.05, 0) is 31.9 Å². The van der Waals surface area contributed by atoms with E-state index in [0.717, 1.165) is 31.2 Å². The highest BCUT2D eigenvalue weighted by Crippen LogP contribution is 2.20. The van der Waals surface area contributed by atoms with Crippen LogP contribution in [0.4, 0.5) is 0 Å². The van der Waals surface area contributed by atoms with Crippen LogP contribution in [0, 0.1) is 18.8 Å². The maximum atomic E-state index is 12.2. The number of unbranched alkanes of at least 4 members (excludes halogenated alkanes) is 4. The number of carboxylic acid groups (broad SMARTS) is 1. The van der Waals surface area contributed by atoms with Crippen molar-refractivity contribution in [2.75, 3.05) is 6.61 Å². The SMILES string of the molecule is CCCCCCCC(O)(C#CC(=O)O)COS(=O)(=O)c1ccc(C)cc1. The van der Waals surface area contributed by atoms with Crippen molar-refractivity contribution in [3.05, 3.63) is 29.8 Å².